The number of aromatic nitrogens is 2. The number of nitrogens with one attached hydrogen (secondary N) is 2. The molecule has 2 aromatic carbocycles. The van der Waals surface area contributed by atoms with Crippen molar-refractivity contribution in [1.29, 1.82) is 0 Å². The quantitative estimate of drug-likeness (QED) is 0.348. The van der Waals surface area contributed by atoms with Crippen LogP contribution in [-0.4, -0.2) is 74.1 Å². The fourth-order valence-electron chi connectivity index (χ4n) is 6.46. The number of benzene rings is 2. The first-order valence-electron chi connectivity index (χ1n) is 15.7. The molecule has 3 fully saturated rings. The minimum atomic E-state index is -0.227. The molecule has 0 saturated carbocycles. The number of rotatable bonds is 7. The first-order chi connectivity index (χ1) is 21.1. The average Bonchev–Trinajstić information content (AvgIpc) is 3.35. The standard InChI is InChI=1S/C33H42FN7OS/c34-27-12-10-26(11-13-27)33(14-22-42-23-15-33)25-35-32(43)38-31-36-29(40-16-6-1-2-7-17-40)24-30(37-31)41-20-18-39(19-21-41)28-8-4-3-5-9-28/h3-5,8-13,24H,1-2,6-7,14-23,25H2,(H2,35,36,37,38,43). The van der Waals surface area contributed by atoms with Gasteiger partial charge in [0.2, 0.25) is 5.95 Å². The molecule has 0 radical (unpaired) electrons. The van der Waals surface area contributed by atoms with Crippen molar-refractivity contribution >= 4 is 40.6 Å². The van der Waals surface area contributed by atoms with Gasteiger partial charge in [-0.25, -0.2) is 4.39 Å². The highest BCUT2D eigenvalue weighted by atomic mass is 32.1. The molecule has 0 unspecified atom stereocenters. The number of hydrogen-bond acceptors (Lipinski definition) is 7. The minimum Gasteiger partial charge on any atom is -0.381 e. The van der Waals surface area contributed by atoms with E-state index in [1.807, 2.05) is 12.1 Å². The summed E-state index contributed by atoms with van der Waals surface area (Å²) in [6.07, 6.45) is 6.55. The number of para-hydroxylation sites is 1. The van der Waals surface area contributed by atoms with Gasteiger partial charge < -0.3 is 30.1 Å². The zero-order valence-corrected chi connectivity index (χ0v) is 25.6. The number of nitrogens with zero attached hydrogens (tertiary/aromatic N) is 5. The van der Waals surface area contributed by atoms with E-state index >= 15 is 0 Å². The summed E-state index contributed by atoms with van der Waals surface area (Å²) in [5, 5.41) is 7.24. The Labute approximate surface area is 259 Å². The van der Waals surface area contributed by atoms with Crippen LogP contribution < -0.4 is 25.3 Å². The van der Waals surface area contributed by atoms with Crippen LogP contribution in [0.4, 0.5) is 27.7 Å². The van der Waals surface area contributed by atoms with Crippen LogP contribution in [0.1, 0.15) is 44.1 Å². The zero-order chi connectivity index (χ0) is 29.5. The molecule has 3 aliphatic heterocycles. The van der Waals surface area contributed by atoms with Crippen LogP contribution in [-0.2, 0) is 10.2 Å². The van der Waals surface area contributed by atoms with Gasteiger partial charge in [-0.1, -0.05) is 43.2 Å². The average molecular weight is 604 g/mol. The fraction of sp³-hybridized carbons (Fsp3) is 0.485. The SMILES string of the molecule is Fc1ccc(C2(CNC(=S)Nc3nc(N4CCCCCC4)cc(N4CCN(c5ccccc5)CC4)n3)CCOCC2)cc1. The van der Waals surface area contributed by atoms with Crippen LogP contribution in [0.3, 0.4) is 0 Å². The highest BCUT2D eigenvalue weighted by Crippen LogP contribution is 2.34. The summed E-state index contributed by atoms with van der Waals surface area (Å²) < 4.78 is 19.4. The highest BCUT2D eigenvalue weighted by molar-refractivity contribution is 7.80. The molecule has 6 rings (SSSR count). The topological polar surface area (TPSA) is 68.8 Å². The van der Waals surface area contributed by atoms with Crippen LogP contribution in [0, 0.1) is 5.82 Å². The summed E-state index contributed by atoms with van der Waals surface area (Å²) in [6, 6.07) is 19.6. The number of ether oxygens (including phenoxy) is 1. The summed E-state index contributed by atoms with van der Waals surface area (Å²) in [5.74, 6) is 2.17. The van der Waals surface area contributed by atoms with E-state index < -0.39 is 0 Å². The van der Waals surface area contributed by atoms with E-state index in [0.717, 1.165) is 69.3 Å². The highest BCUT2D eigenvalue weighted by Gasteiger charge is 2.34. The van der Waals surface area contributed by atoms with Crippen molar-refractivity contribution < 1.29 is 9.13 Å². The Morgan fingerprint density at radius 2 is 1.40 bits per heavy atom. The van der Waals surface area contributed by atoms with Crippen molar-refractivity contribution in [2.24, 2.45) is 0 Å². The fourth-order valence-corrected chi connectivity index (χ4v) is 6.63. The molecule has 228 valence electrons. The summed E-state index contributed by atoms with van der Waals surface area (Å²) in [6.45, 7) is 7.60. The van der Waals surface area contributed by atoms with Gasteiger partial charge in [-0.3, -0.25) is 0 Å². The predicted octanol–water partition coefficient (Wildman–Crippen LogP) is 5.36. The molecule has 1 aromatic heterocycles. The van der Waals surface area contributed by atoms with E-state index in [1.165, 1.54) is 43.5 Å². The van der Waals surface area contributed by atoms with Gasteiger partial charge in [0.15, 0.2) is 5.11 Å². The second-order valence-electron chi connectivity index (χ2n) is 11.8. The summed E-state index contributed by atoms with van der Waals surface area (Å²) >= 11 is 5.79. The Kier molecular flexibility index (Phi) is 9.53. The second-order valence-corrected chi connectivity index (χ2v) is 12.2. The first-order valence-corrected chi connectivity index (χ1v) is 16.1. The molecule has 0 bridgehead atoms. The Hall–Kier alpha value is -3.50. The second kappa shape index (κ2) is 13.9. The van der Waals surface area contributed by atoms with Crippen molar-refractivity contribution in [3.8, 4) is 0 Å². The Morgan fingerprint density at radius 3 is 2.05 bits per heavy atom. The molecule has 0 atom stereocenters. The van der Waals surface area contributed by atoms with Crippen LogP contribution in [0.15, 0.2) is 60.7 Å². The molecule has 0 spiro atoms. The number of piperazine rings is 1. The number of halogens is 1. The van der Waals surface area contributed by atoms with E-state index in [1.54, 1.807) is 0 Å². The number of anilines is 4. The van der Waals surface area contributed by atoms with Crippen molar-refractivity contribution in [2.75, 3.05) is 79.0 Å². The lowest BCUT2D eigenvalue weighted by Crippen LogP contribution is -2.47. The van der Waals surface area contributed by atoms with E-state index in [4.69, 9.17) is 26.9 Å². The molecule has 8 nitrogen and oxygen atoms in total. The van der Waals surface area contributed by atoms with E-state index in [2.05, 4.69) is 61.7 Å². The molecule has 43 heavy (non-hydrogen) atoms. The maximum absolute atomic E-state index is 13.7. The Balaban J connectivity index is 1.17. The number of hydrogen-bond donors (Lipinski definition) is 2. The normalized spacial score (nSPS) is 19.0. The maximum Gasteiger partial charge on any atom is 0.232 e. The third kappa shape index (κ3) is 7.36. The van der Waals surface area contributed by atoms with Gasteiger partial charge in [0.05, 0.1) is 0 Å². The molecule has 3 aromatic rings. The molecule has 2 N–H and O–H groups in total. The molecule has 3 aliphatic rings. The van der Waals surface area contributed by atoms with Gasteiger partial charge >= 0.3 is 0 Å². The van der Waals surface area contributed by atoms with E-state index in [9.17, 15) is 4.39 Å². The molecular weight excluding hydrogens is 561 g/mol. The van der Waals surface area contributed by atoms with Gasteiger partial charge in [-0.05, 0) is 67.7 Å². The van der Waals surface area contributed by atoms with E-state index in [0.29, 0.717) is 30.8 Å². The lowest BCUT2D eigenvalue weighted by atomic mass is 9.74. The van der Waals surface area contributed by atoms with Gasteiger partial charge in [0, 0.05) is 76.2 Å². The smallest absolute Gasteiger partial charge is 0.232 e. The van der Waals surface area contributed by atoms with Crippen LogP contribution in [0.2, 0.25) is 0 Å². The molecule has 0 amide bonds. The van der Waals surface area contributed by atoms with E-state index in [-0.39, 0.29) is 11.2 Å². The third-order valence-electron chi connectivity index (χ3n) is 9.07. The van der Waals surface area contributed by atoms with Gasteiger partial charge in [0.1, 0.15) is 17.5 Å². The van der Waals surface area contributed by atoms with Crippen molar-refractivity contribution in [1.82, 2.24) is 15.3 Å². The molecule has 3 saturated heterocycles. The summed E-state index contributed by atoms with van der Waals surface area (Å²) in [5.41, 5.74) is 2.18. The maximum atomic E-state index is 13.7. The lowest BCUT2D eigenvalue weighted by Gasteiger charge is -2.38. The third-order valence-corrected chi connectivity index (χ3v) is 9.32. The van der Waals surface area contributed by atoms with Crippen molar-refractivity contribution in [3.05, 3.63) is 72.0 Å². The monoisotopic (exact) mass is 603 g/mol. The minimum absolute atomic E-state index is 0.184. The summed E-state index contributed by atoms with van der Waals surface area (Å²) in [7, 11) is 0. The summed E-state index contributed by atoms with van der Waals surface area (Å²) in [4.78, 5) is 17.1. The van der Waals surface area contributed by atoms with Crippen molar-refractivity contribution in [3.63, 3.8) is 0 Å². The molecule has 10 heteroatoms. The predicted molar refractivity (Wildman–Crippen MR) is 176 cm³/mol. The first kappa shape index (κ1) is 29.6. The van der Waals surface area contributed by atoms with Gasteiger partial charge in [0.25, 0.3) is 0 Å². The molecule has 4 heterocycles. The van der Waals surface area contributed by atoms with Gasteiger partial charge in [-0.2, -0.15) is 9.97 Å². The van der Waals surface area contributed by atoms with Gasteiger partial charge in [-0.15, -0.1) is 0 Å². The largest absolute Gasteiger partial charge is 0.381 e. The Morgan fingerprint density at radius 1 is 0.791 bits per heavy atom. The molecule has 0 aliphatic carbocycles. The lowest BCUT2D eigenvalue weighted by molar-refractivity contribution is 0.0515. The van der Waals surface area contributed by atoms with Crippen LogP contribution in [0.5, 0.6) is 0 Å². The number of thiocarbonyl (C=S) groups is 1. The zero-order valence-electron chi connectivity index (χ0n) is 24.8. The van der Waals surface area contributed by atoms with Crippen molar-refractivity contribution in [2.45, 2.75) is 43.9 Å². The van der Waals surface area contributed by atoms with Crippen LogP contribution >= 0.6 is 12.2 Å². The van der Waals surface area contributed by atoms with Crippen LogP contribution in [0.25, 0.3) is 0 Å². The Bertz CT molecular complexity index is 1340. The molecular formula is C33H42FN7OS.